The average molecular weight is 335 g/mol. The minimum atomic E-state index is -3.53. The predicted molar refractivity (Wildman–Crippen MR) is 87.8 cm³/mol. The van der Waals surface area contributed by atoms with E-state index in [1.807, 2.05) is 6.07 Å². The molecule has 122 valence electrons. The van der Waals surface area contributed by atoms with E-state index in [1.54, 1.807) is 42.5 Å². The Morgan fingerprint density at radius 1 is 1.04 bits per heavy atom. The average Bonchev–Trinajstić information content (AvgIpc) is 2.60. The molecule has 0 aliphatic carbocycles. The van der Waals surface area contributed by atoms with Crippen LogP contribution in [0.3, 0.4) is 0 Å². The summed E-state index contributed by atoms with van der Waals surface area (Å²) in [5.74, 6) is -1.91. The van der Waals surface area contributed by atoms with Gasteiger partial charge in [-0.15, -0.1) is 0 Å². The Morgan fingerprint density at radius 3 is 2.17 bits per heavy atom. The molecule has 23 heavy (non-hydrogen) atoms. The highest BCUT2D eigenvalue weighted by Crippen LogP contribution is 2.59. The van der Waals surface area contributed by atoms with Gasteiger partial charge < -0.3 is 19.5 Å². The molecule has 2 N–H and O–H groups in total. The molecule has 0 saturated carbocycles. The highest BCUT2D eigenvalue weighted by molar-refractivity contribution is 7.54. The molecule has 0 bridgehead atoms. The van der Waals surface area contributed by atoms with E-state index < -0.39 is 19.3 Å². The standard InChI is InChI=1S/C16H18NO5P/c1-21-23(20,22-2)15(12-8-4-3-5-9-12)17-14-11-7-6-10-13(14)16(18)19/h3-11,15,17H,1-2H3,(H,18,19)/t15-/m0/s1. The van der Waals surface area contributed by atoms with Crippen molar-refractivity contribution in [2.45, 2.75) is 5.78 Å². The SMILES string of the molecule is COP(=O)(OC)[C@H](Nc1ccccc1C(=O)O)c1ccccc1. The Hall–Kier alpha value is -2.14. The van der Waals surface area contributed by atoms with Crippen LogP contribution >= 0.6 is 7.60 Å². The molecule has 0 saturated heterocycles. The van der Waals surface area contributed by atoms with Gasteiger partial charge in [0.15, 0.2) is 5.78 Å². The van der Waals surface area contributed by atoms with Crippen LogP contribution in [0, 0.1) is 0 Å². The quantitative estimate of drug-likeness (QED) is 0.745. The minimum absolute atomic E-state index is 0.0761. The molecule has 0 spiro atoms. The lowest BCUT2D eigenvalue weighted by molar-refractivity contribution is 0.0698. The number of rotatable bonds is 7. The number of anilines is 1. The molecule has 1 atom stereocenters. The van der Waals surface area contributed by atoms with E-state index >= 15 is 0 Å². The van der Waals surface area contributed by atoms with Gasteiger partial charge in [-0.1, -0.05) is 42.5 Å². The Kier molecular flexibility index (Phi) is 5.55. The van der Waals surface area contributed by atoms with Gasteiger partial charge in [-0.25, -0.2) is 4.79 Å². The number of carboxylic acid groups (broad SMARTS) is 1. The fourth-order valence-corrected chi connectivity index (χ4v) is 3.61. The highest BCUT2D eigenvalue weighted by Gasteiger charge is 2.36. The molecular formula is C16H18NO5P. The summed E-state index contributed by atoms with van der Waals surface area (Å²) in [7, 11) is -0.940. The van der Waals surface area contributed by atoms with Gasteiger partial charge in [-0.3, -0.25) is 4.57 Å². The summed E-state index contributed by atoms with van der Waals surface area (Å²) in [6.07, 6.45) is 0. The van der Waals surface area contributed by atoms with Gasteiger partial charge in [0.1, 0.15) is 0 Å². The van der Waals surface area contributed by atoms with E-state index in [1.165, 1.54) is 20.3 Å². The Labute approximate surface area is 134 Å². The maximum absolute atomic E-state index is 12.9. The molecule has 2 rings (SSSR count). The summed E-state index contributed by atoms with van der Waals surface area (Å²) in [6, 6.07) is 15.4. The lowest BCUT2D eigenvalue weighted by Crippen LogP contribution is -2.15. The minimum Gasteiger partial charge on any atom is -0.478 e. The molecule has 6 nitrogen and oxygen atoms in total. The normalized spacial score (nSPS) is 12.6. The van der Waals surface area contributed by atoms with Crippen molar-refractivity contribution in [3.63, 3.8) is 0 Å². The van der Waals surface area contributed by atoms with Crippen molar-refractivity contribution in [2.24, 2.45) is 0 Å². The van der Waals surface area contributed by atoms with Crippen LogP contribution in [0.15, 0.2) is 54.6 Å². The molecule has 0 aromatic heterocycles. The van der Waals surface area contributed by atoms with Crippen LogP contribution in [0.25, 0.3) is 0 Å². The lowest BCUT2D eigenvalue weighted by Gasteiger charge is -2.27. The third-order valence-corrected chi connectivity index (χ3v) is 5.47. The second-order valence-electron chi connectivity index (χ2n) is 4.71. The summed E-state index contributed by atoms with van der Waals surface area (Å²) in [4.78, 5) is 11.4. The van der Waals surface area contributed by atoms with Crippen LogP contribution in [-0.2, 0) is 13.6 Å². The third kappa shape index (κ3) is 3.79. The summed E-state index contributed by atoms with van der Waals surface area (Å²) in [5.41, 5.74) is 1.08. The molecule has 7 heteroatoms. The summed E-state index contributed by atoms with van der Waals surface area (Å²) >= 11 is 0. The van der Waals surface area contributed by atoms with Crippen molar-refractivity contribution in [1.29, 1.82) is 0 Å². The van der Waals surface area contributed by atoms with E-state index in [4.69, 9.17) is 9.05 Å². The monoisotopic (exact) mass is 335 g/mol. The van der Waals surface area contributed by atoms with Crippen molar-refractivity contribution in [1.82, 2.24) is 0 Å². The summed E-state index contributed by atoms with van der Waals surface area (Å²) in [6.45, 7) is 0. The topological polar surface area (TPSA) is 84.9 Å². The second-order valence-corrected chi connectivity index (χ2v) is 7.04. The third-order valence-electron chi connectivity index (χ3n) is 3.39. The van der Waals surface area contributed by atoms with Gasteiger partial charge in [0, 0.05) is 19.9 Å². The second kappa shape index (κ2) is 7.42. The van der Waals surface area contributed by atoms with E-state index in [-0.39, 0.29) is 5.56 Å². The van der Waals surface area contributed by atoms with E-state index in [9.17, 15) is 14.5 Å². The first-order valence-corrected chi connectivity index (χ1v) is 8.48. The van der Waals surface area contributed by atoms with E-state index in [0.29, 0.717) is 11.3 Å². The molecule has 0 radical (unpaired) electrons. The van der Waals surface area contributed by atoms with E-state index in [0.717, 1.165) is 0 Å². The lowest BCUT2D eigenvalue weighted by atomic mass is 10.1. The zero-order chi connectivity index (χ0) is 16.9. The van der Waals surface area contributed by atoms with Crippen molar-refractivity contribution >= 4 is 19.3 Å². The fraction of sp³-hybridized carbons (Fsp3) is 0.188. The first-order valence-electron chi connectivity index (χ1n) is 6.87. The molecule has 0 aliphatic heterocycles. The van der Waals surface area contributed by atoms with Gasteiger partial charge in [0.25, 0.3) is 0 Å². The number of aromatic carboxylic acids is 1. The molecular weight excluding hydrogens is 317 g/mol. The van der Waals surface area contributed by atoms with Crippen LogP contribution in [0.1, 0.15) is 21.7 Å². The number of hydrogen-bond donors (Lipinski definition) is 2. The number of hydrogen-bond acceptors (Lipinski definition) is 5. The van der Waals surface area contributed by atoms with Crippen LogP contribution in [0.4, 0.5) is 5.69 Å². The number of carbonyl (C=O) groups is 1. The van der Waals surface area contributed by atoms with Gasteiger partial charge in [0.05, 0.1) is 5.56 Å². The first-order chi connectivity index (χ1) is 11.0. The van der Waals surface area contributed by atoms with Gasteiger partial charge in [0.2, 0.25) is 0 Å². The van der Waals surface area contributed by atoms with Gasteiger partial charge >= 0.3 is 13.6 Å². The number of carboxylic acids is 1. The Morgan fingerprint density at radius 2 is 1.61 bits per heavy atom. The maximum atomic E-state index is 12.9. The fourth-order valence-electron chi connectivity index (χ4n) is 2.21. The predicted octanol–water partition coefficient (Wildman–Crippen LogP) is 3.98. The molecule has 0 aliphatic rings. The van der Waals surface area contributed by atoms with Crippen molar-refractivity contribution < 1.29 is 23.5 Å². The number of benzene rings is 2. The van der Waals surface area contributed by atoms with Crippen LogP contribution < -0.4 is 5.32 Å². The number of nitrogens with one attached hydrogen (secondary N) is 1. The van der Waals surface area contributed by atoms with Crippen LogP contribution in [-0.4, -0.2) is 25.3 Å². The highest BCUT2D eigenvalue weighted by atomic mass is 31.2. The molecule has 0 heterocycles. The maximum Gasteiger partial charge on any atom is 0.356 e. The van der Waals surface area contributed by atoms with Crippen molar-refractivity contribution in [3.8, 4) is 0 Å². The zero-order valence-electron chi connectivity index (χ0n) is 12.8. The van der Waals surface area contributed by atoms with E-state index in [2.05, 4.69) is 5.32 Å². The van der Waals surface area contributed by atoms with Crippen molar-refractivity contribution in [3.05, 3.63) is 65.7 Å². The van der Waals surface area contributed by atoms with Gasteiger partial charge in [-0.05, 0) is 17.7 Å². The zero-order valence-corrected chi connectivity index (χ0v) is 13.7. The summed E-state index contributed by atoms with van der Waals surface area (Å²) < 4.78 is 23.1. The largest absolute Gasteiger partial charge is 0.478 e. The Bertz CT molecular complexity index is 711. The van der Waals surface area contributed by atoms with Crippen molar-refractivity contribution in [2.75, 3.05) is 19.5 Å². The van der Waals surface area contributed by atoms with Crippen LogP contribution in [0.2, 0.25) is 0 Å². The molecule has 0 unspecified atom stereocenters. The molecule has 0 amide bonds. The first kappa shape index (κ1) is 17.2. The Balaban J connectivity index is 2.48. The molecule has 2 aromatic rings. The smallest absolute Gasteiger partial charge is 0.356 e. The summed E-state index contributed by atoms with van der Waals surface area (Å²) in [5, 5.41) is 12.3. The van der Waals surface area contributed by atoms with Crippen LogP contribution in [0.5, 0.6) is 0 Å². The molecule has 2 aromatic carbocycles. The number of para-hydroxylation sites is 1. The molecule has 0 fully saturated rings. The van der Waals surface area contributed by atoms with Gasteiger partial charge in [-0.2, -0.15) is 0 Å².